The Morgan fingerprint density at radius 2 is 1.67 bits per heavy atom. The van der Waals surface area contributed by atoms with Crippen LogP contribution in [0.15, 0.2) is 0 Å². The topological polar surface area (TPSA) is 98.2 Å². The number of amides is 2. The molecule has 0 radical (unpaired) electrons. The van der Waals surface area contributed by atoms with Crippen LogP contribution in [0.25, 0.3) is 0 Å². The van der Waals surface area contributed by atoms with Crippen LogP contribution in [0, 0.1) is 0 Å². The molecular formula is C11H18N2O5. The van der Waals surface area contributed by atoms with Gasteiger partial charge in [0.2, 0.25) is 0 Å². The summed E-state index contributed by atoms with van der Waals surface area (Å²) in [6.45, 7) is 3.10. The van der Waals surface area contributed by atoms with Gasteiger partial charge < -0.3 is 20.0 Å². The molecule has 0 aromatic carbocycles. The molecule has 7 heteroatoms. The first-order valence-electron chi connectivity index (χ1n) is 5.74. The lowest BCUT2D eigenvalue weighted by atomic mass is 10.0. The van der Waals surface area contributed by atoms with Crippen molar-refractivity contribution >= 4 is 18.0 Å². The van der Waals surface area contributed by atoms with E-state index in [2.05, 4.69) is 0 Å². The van der Waals surface area contributed by atoms with Gasteiger partial charge in [-0.3, -0.25) is 9.59 Å². The SMILES string of the molecule is CC1(C)CCCN1C(=O)N(CC(=O)O)CC(=O)O. The van der Waals surface area contributed by atoms with Crippen molar-refractivity contribution in [3.63, 3.8) is 0 Å². The molecule has 102 valence electrons. The van der Waals surface area contributed by atoms with Crippen LogP contribution < -0.4 is 0 Å². The Labute approximate surface area is 105 Å². The molecular weight excluding hydrogens is 240 g/mol. The summed E-state index contributed by atoms with van der Waals surface area (Å²) in [4.78, 5) is 35.9. The number of likely N-dealkylation sites (tertiary alicyclic amines) is 1. The van der Waals surface area contributed by atoms with Crippen LogP contribution in [0.1, 0.15) is 26.7 Å². The summed E-state index contributed by atoms with van der Waals surface area (Å²) in [5, 5.41) is 17.4. The number of hydrogen-bond donors (Lipinski definition) is 2. The molecule has 0 unspecified atom stereocenters. The first-order valence-corrected chi connectivity index (χ1v) is 5.74. The van der Waals surface area contributed by atoms with Crippen molar-refractivity contribution in [1.82, 2.24) is 9.80 Å². The van der Waals surface area contributed by atoms with Crippen LogP contribution >= 0.6 is 0 Å². The fourth-order valence-corrected chi connectivity index (χ4v) is 2.15. The summed E-state index contributed by atoms with van der Waals surface area (Å²) in [7, 11) is 0. The molecule has 0 bridgehead atoms. The highest BCUT2D eigenvalue weighted by atomic mass is 16.4. The van der Waals surface area contributed by atoms with Gasteiger partial charge >= 0.3 is 18.0 Å². The van der Waals surface area contributed by atoms with E-state index >= 15 is 0 Å². The third kappa shape index (κ3) is 3.35. The van der Waals surface area contributed by atoms with Crippen molar-refractivity contribution in [1.29, 1.82) is 0 Å². The monoisotopic (exact) mass is 258 g/mol. The molecule has 1 rings (SSSR count). The predicted octanol–water partition coefficient (Wildman–Crippen LogP) is 0.452. The molecule has 1 saturated heterocycles. The second kappa shape index (κ2) is 5.24. The molecule has 1 aliphatic heterocycles. The maximum Gasteiger partial charge on any atom is 0.323 e. The first-order chi connectivity index (χ1) is 8.24. The van der Waals surface area contributed by atoms with E-state index in [1.54, 1.807) is 4.90 Å². The Kier molecular flexibility index (Phi) is 4.15. The summed E-state index contributed by atoms with van der Waals surface area (Å²) in [6.07, 6.45) is 1.67. The number of rotatable bonds is 4. The van der Waals surface area contributed by atoms with Crippen molar-refractivity contribution in [2.45, 2.75) is 32.2 Å². The van der Waals surface area contributed by atoms with E-state index in [4.69, 9.17) is 10.2 Å². The smallest absolute Gasteiger partial charge is 0.323 e. The van der Waals surface area contributed by atoms with E-state index in [0.29, 0.717) is 6.54 Å². The number of carbonyl (C=O) groups excluding carboxylic acids is 1. The van der Waals surface area contributed by atoms with Crippen LogP contribution in [-0.4, -0.2) is 63.2 Å². The van der Waals surface area contributed by atoms with Gasteiger partial charge in [0, 0.05) is 12.1 Å². The van der Waals surface area contributed by atoms with Crippen molar-refractivity contribution in [3.8, 4) is 0 Å². The van der Waals surface area contributed by atoms with Crippen LogP contribution in [0.5, 0.6) is 0 Å². The molecule has 7 nitrogen and oxygen atoms in total. The Morgan fingerprint density at radius 3 is 2.00 bits per heavy atom. The lowest BCUT2D eigenvalue weighted by molar-refractivity contribution is -0.140. The largest absolute Gasteiger partial charge is 0.480 e. The van der Waals surface area contributed by atoms with Crippen molar-refractivity contribution in [2.75, 3.05) is 19.6 Å². The van der Waals surface area contributed by atoms with Crippen LogP contribution in [0.4, 0.5) is 4.79 Å². The zero-order chi connectivity index (χ0) is 13.9. The van der Waals surface area contributed by atoms with Crippen LogP contribution in [0.2, 0.25) is 0 Å². The number of carboxylic acids is 2. The quantitative estimate of drug-likeness (QED) is 0.763. The summed E-state index contributed by atoms with van der Waals surface area (Å²) in [5.41, 5.74) is -0.355. The van der Waals surface area contributed by atoms with Crippen molar-refractivity contribution in [2.24, 2.45) is 0 Å². The third-order valence-corrected chi connectivity index (χ3v) is 3.05. The fourth-order valence-electron chi connectivity index (χ4n) is 2.15. The average Bonchev–Trinajstić information content (AvgIpc) is 2.54. The highest BCUT2D eigenvalue weighted by molar-refractivity contribution is 5.84. The molecule has 0 aliphatic carbocycles. The molecule has 0 aromatic heterocycles. The molecule has 0 spiro atoms. The Balaban J connectivity index is 2.81. The zero-order valence-corrected chi connectivity index (χ0v) is 10.5. The number of hydrogen-bond acceptors (Lipinski definition) is 3. The second-order valence-electron chi connectivity index (χ2n) is 4.99. The molecule has 1 fully saturated rings. The first kappa shape index (κ1) is 14.3. The van der Waals surface area contributed by atoms with Gasteiger partial charge in [0.15, 0.2) is 0 Å². The van der Waals surface area contributed by atoms with Gasteiger partial charge in [-0.25, -0.2) is 4.79 Å². The minimum absolute atomic E-state index is 0.355. The maximum atomic E-state index is 12.2. The highest BCUT2D eigenvalue weighted by Crippen LogP contribution is 2.29. The Bertz CT molecular complexity index is 350. The van der Waals surface area contributed by atoms with Gasteiger partial charge in [0.05, 0.1) is 0 Å². The molecule has 2 N–H and O–H groups in total. The van der Waals surface area contributed by atoms with Gasteiger partial charge in [-0.1, -0.05) is 0 Å². The summed E-state index contributed by atoms with van der Waals surface area (Å²) >= 11 is 0. The molecule has 2 amide bonds. The summed E-state index contributed by atoms with van der Waals surface area (Å²) in [5.74, 6) is -2.44. The maximum absolute atomic E-state index is 12.2. The molecule has 0 atom stereocenters. The zero-order valence-electron chi connectivity index (χ0n) is 10.5. The molecule has 0 aromatic rings. The minimum Gasteiger partial charge on any atom is -0.480 e. The number of aliphatic carboxylic acids is 2. The average molecular weight is 258 g/mol. The number of nitrogens with zero attached hydrogens (tertiary/aromatic N) is 2. The van der Waals surface area contributed by atoms with Gasteiger partial charge in [-0.15, -0.1) is 0 Å². The predicted molar refractivity (Wildman–Crippen MR) is 62.3 cm³/mol. The van der Waals surface area contributed by atoms with Gasteiger partial charge in [0.1, 0.15) is 13.1 Å². The van der Waals surface area contributed by atoms with E-state index in [1.165, 1.54) is 0 Å². The normalized spacial score (nSPS) is 17.6. The van der Waals surface area contributed by atoms with Crippen LogP contribution in [-0.2, 0) is 9.59 Å². The molecule has 1 aliphatic rings. The van der Waals surface area contributed by atoms with E-state index in [1.807, 2.05) is 13.8 Å². The number of urea groups is 1. The van der Waals surface area contributed by atoms with Gasteiger partial charge in [-0.2, -0.15) is 0 Å². The van der Waals surface area contributed by atoms with E-state index < -0.39 is 31.1 Å². The lowest BCUT2D eigenvalue weighted by Gasteiger charge is -2.35. The Morgan fingerprint density at radius 1 is 1.17 bits per heavy atom. The third-order valence-electron chi connectivity index (χ3n) is 3.05. The van der Waals surface area contributed by atoms with E-state index in [9.17, 15) is 14.4 Å². The van der Waals surface area contributed by atoms with Crippen molar-refractivity contribution in [3.05, 3.63) is 0 Å². The molecule has 18 heavy (non-hydrogen) atoms. The van der Waals surface area contributed by atoms with Crippen LogP contribution in [0.3, 0.4) is 0 Å². The number of carbonyl (C=O) groups is 3. The van der Waals surface area contributed by atoms with Gasteiger partial charge in [0.25, 0.3) is 0 Å². The highest BCUT2D eigenvalue weighted by Gasteiger charge is 2.38. The second-order valence-corrected chi connectivity index (χ2v) is 4.99. The summed E-state index contributed by atoms with van der Waals surface area (Å²) < 4.78 is 0. The number of carboxylic acid groups (broad SMARTS) is 2. The van der Waals surface area contributed by atoms with Crippen molar-refractivity contribution < 1.29 is 24.6 Å². The lowest BCUT2D eigenvalue weighted by Crippen LogP contribution is -2.52. The Hall–Kier alpha value is -1.79. The standard InChI is InChI=1S/C11H18N2O5/c1-11(2)4-3-5-13(11)10(18)12(6-8(14)15)7-9(16)17/h3-7H2,1-2H3,(H,14,15)(H,16,17). The van der Waals surface area contributed by atoms with E-state index in [0.717, 1.165) is 17.7 Å². The summed E-state index contributed by atoms with van der Waals surface area (Å²) in [6, 6.07) is -0.526. The molecule has 1 heterocycles. The minimum atomic E-state index is -1.22. The van der Waals surface area contributed by atoms with Gasteiger partial charge in [-0.05, 0) is 26.7 Å². The fraction of sp³-hybridized carbons (Fsp3) is 0.727. The molecule has 0 saturated carbocycles. The van der Waals surface area contributed by atoms with E-state index in [-0.39, 0.29) is 5.54 Å².